The summed E-state index contributed by atoms with van der Waals surface area (Å²) in [6.07, 6.45) is 1.56. The van der Waals surface area contributed by atoms with Crippen LogP contribution in [-0.2, 0) is 15.1 Å². The van der Waals surface area contributed by atoms with Crippen LogP contribution in [0.4, 0.5) is 0 Å². The van der Waals surface area contributed by atoms with Crippen molar-refractivity contribution < 1.29 is 14.0 Å². The van der Waals surface area contributed by atoms with Crippen LogP contribution in [-0.4, -0.2) is 43.1 Å². The predicted molar refractivity (Wildman–Crippen MR) is 74.6 cm³/mol. The van der Waals surface area contributed by atoms with Crippen molar-refractivity contribution in [2.45, 2.75) is 45.1 Å². The highest BCUT2D eigenvalue weighted by atomic mass is 16.5. The number of hydrogen-bond acceptors (Lipinski definition) is 6. The molecule has 1 atom stereocenters. The van der Waals surface area contributed by atoms with Crippen LogP contribution in [0.1, 0.15) is 51.2 Å². The maximum Gasteiger partial charge on any atom is 0.230 e. The third-order valence-corrected chi connectivity index (χ3v) is 3.69. The third-order valence-electron chi connectivity index (χ3n) is 3.69. The van der Waals surface area contributed by atoms with Gasteiger partial charge in [0.05, 0.1) is 0 Å². The van der Waals surface area contributed by atoms with Gasteiger partial charge in [-0.3, -0.25) is 0 Å². The van der Waals surface area contributed by atoms with Gasteiger partial charge in [-0.15, -0.1) is 0 Å². The quantitative estimate of drug-likeness (QED) is 0.823. The predicted octanol–water partition coefficient (Wildman–Crippen LogP) is 1.82. The van der Waals surface area contributed by atoms with Crippen LogP contribution in [0, 0.1) is 0 Å². The monoisotopic (exact) mass is 283 g/mol. The molecular weight excluding hydrogens is 258 g/mol. The zero-order chi connectivity index (χ0) is 14.4. The Kier molecular flexibility index (Phi) is 5.51. The van der Waals surface area contributed by atoms with Crippen molar-refractivity contribution in [3.05, 3.63) is 11.7 Å². The summed E-state index contributed by atoms with van der Waals surface area (Å²) in [6.45, 7) is 9.92. The van der Waals surface area contributed by atoms with Crippen LogP contribution in [0.15, 0.2) is 4.52 Å². The molecule has 2 rings (SSSR count). The van der Waals surface area contributed by atoms with Gasteiger partial charge in [0.2, 0.25) is 11.7 Å². The Hall–Kier alpha value is -0.980. The minimum absolute atomic E-state index is 0.203. The zero-order valence-corrected chi connectivity index (χ0v) is 12.6. The van der Waals surface area contributed by atoms with E-state index in [4.69, 9.17) is 14.0 Å². The summed E-state index contributed by atoms with van der Waals surface area (Å²) in [5, 5.41) is 7.46. The van der Waals surface area contributed by atoms with Crippen LogP contribution in [0.2, 0.25) is 0 Å². The van der Waals surface area contributed by atoms with Gasteiger partial charge in [0.15, 0.2) is 0 Å². The summed E-state index contributed by atoms with van der Waals surface area (Å²) >= 11 is 0. The third kappa shape index (κ3) is 3.37. The Morgan fingerprint density at radius 1 is 1.35 bits per heavy atom. The first-order valence-electron chi connectivity index (χ1n) is 7.48. The zero-order valence-electron chi connectivity index (χ0n) is 12.6. The minimum Gasteiger partial charge on any atom is -0.381 e. The van der Waals surface area contributed by atoms with Gasteiger partial charge in [-0.1, -0.05) is 19.0 Å². The molecule has 0 aliphatic carbocycles. The number of nitrogens with one attached hydrogen (secondary N) is 1. The molecule has 20 heavy (non-hydrogen) atoms. The van der Waals surface area contributed by atoms with Crippen molar-refractivity contribution in [3.63, 3.8) is 0 Å². The van der Waals surface area contributed by atoms with Crippen molar-refractivity contribution >= 4 is 0 Å². The lowest BCUT2D eigenvalue weighted by Crippen LogP contribution is -2.37. The number of nitrogens with zero attached hydrogens (tertiary/aromatic N) is 2. The van der Waals surface area contributed by atoms with Crippen LogP contribution in [0.25, 0.3) is 0 Å². The average Bonchev–Trinajstić information content (AvgIpc) is 2.96. The first kappa shape index (κ1) is 15.4. The molecule has 1 aliphatic heterocycles. The van der Waals surface area contributed by atoms with Gasteiger partial charge in [0.1, 0.15) is 5.60 Å². The highest BCUT2D eigenvalue weighted by molar-refractivity contribution is 5.05. The molecule has 0 amide bonds. The van der Waals surface area contributed by atoms with E-state index < -0.39 is 5.60 Å². The van der Waals surface area contributed by atoms with Gasteiger partial charge in [-0.2, -0.15) is 4.98 Å². The maximum absolute atomic E-state index is 5.95. The van der Waals surface area contributed by atoms with Crippen LogP contribution in [0.3, 0.4) is 0 Å². The summed E-state index contributed by atoms with van der Waals surface area (Å²) < 4.78 is 16.8. The second-order valence-corrected chi connectivity index (χ2v) is 5.20. The highest BCUT2D eigenvalue weighted by Gasteiger charge is 2.40. The number of hydrogen-bond donors (Lipinski definition) is 1. The summed E-state index contributed by atoms with van der Waals surface area (Å²) in [6, 6.07) is 0. The van der Waals surface area contributed by atoms with Crippen LogP contribution < -0.4 is 5.32 Å². The van der Waals surface area contributed by atoms with E-state index in [1.165, 1.54) is 0 Å². The normalized spacial score (nSPS) is 19.9. The molecule has 0 radical (unpaired) electrons. The van der Waals surface area contributed by atoms with E-state index in [-0.39, 0.29) is 5.92 Å². The summed E-state index contributed by atoms with van der Waals surface area (Å²) in [5.41, 5.74) is -0.438. The van der Waals surface area contributed by atoms with Gasteiger partial charge < -0.3 is 19.3 Å². The molecule has 1 unspecified atom stereocenters. The molecule has 1 fully saturated rings. The molecule has 6 nitrogen and oxygen atoms in total. The topological polar surface area (TPSA) is 69.4 Å². The lowest BCUT2D eigenvalue weighted by Gasteiger charge is -2.33. The van der Waals surface area contributed by atoms with Crippen molar-refractivity contribution in [2.24, 2.45) is 0 Å². The van der Waals surface area contributed by atoms with Crippen LogP contribution >= 0.6 is 0 Å². The Bertz CT molecular complexity index is 397. The number of aromatic nitrogens is 2. The number of likely N-dealkylation sites (N-methyl/N-ethyl adjacent to an activating group) is 1. The Morgan fingerprint density at radius 3 is 2.75 bits per heavy atom. The SMILES string of the molecule is CCNCC(C)c1nc(C2(OCC)CCOCC2)no1. The van der Waals surface area contributed by atoms with Crippen molar-refractivity contribution in [1.82, 2.24) is 15.5 Å². The molecule has 114 valence electrons. The first-order valence-corrected chi connectivity index (χ1v) is 7.48. The van der Waals surface area contributed by atoms with Gasteiger partial charge in [0.25, 0.3) is 0 Å². The van der Waals surface area contributed by atoms with Crippen molar-refractivity contribution in [2.75, 3.05) is 32.9 Å². The lowest BCUT2D eigenvalue weighted by atomic mass is 9.93. The van der Waals surface area contributed by atoms with Gasteiger partial charge >= 0.3 is 0 Å². The summed E-state index contributed by atoms with van der Waals surface area (Å²) in [4.78, 5) is 4.58. The number of rotatable bonds is 7. The van der Waals surface area contributed by atoms with E-state index >= 15 is 0 Å². The van der Waals surface area contributed by atoms with E-state index in [1.54, 1.807) is 0 Å². The molecule has 0 bridgehead atoms. The molecule has 1 aromatic rings. The standard InChI is InChI=1S/C14H25N3O3/c1-4-15-10-11(3)12-16-13(17-20-12)14(19-5-2)6-8-18-9-7-14/h11,15H,4-10H2,1-3H3. The lowest BCUT2D eigenvalue weighted by molar-refractivity contribution is -0.118. The minimum atomic E-state index is -0.438. The van der Waals surface area contributed by atoms with E-state index in [0.717, 1.165) is 25.9 Å². The average molecular weight is 283 g/mol. The molecule has 6 heteroatoms. The molecule has 0 spiro atoms. The number of ether oxygens (including phenoxy) is 2. The van der Waals surface area contributed by atoms with Crippen molar-refractivity contribution in [1.29, 1.82) is 0 Å². The molecule has 0 aromatic carbocycles. The van der Waals surface area contributed by atoms with E-state index in [9.17, 15) is 0 Å². The highest BCUT2D eigenvalue weighted by Crippen LogP contribution is 2.34. The van der Waals surface area contributed by atoms with E-state index in [2.05, 4.69) is 29.3 Å². The van der Waals surface area contributed by atoms with Gasteiger partial charge in [-0.05, 0) is 13.5 Å². The Labute approximate surface area is 120 Å². The maximum atomic E-state index is 5.95. The van der Waals surface area contributed by atoms with Gasteiger partial charge in [-0.25, -0.2) is 0 Å². The molecule has 1 N–H and O–H groups in total. The molecule has 1 aromatic heterocycles. The Balaban J connectivity index is 2.12. The molecular formula is C14H25N3O3. The second-order valence-electron chi connectivity index (χ2n) is 5.20. The summed E-state index contributed by atoms with van der Waals surface area (Å²) in [5.74, 6) is 1.54. The Morgan fingerprint density at radius 2 is 2.10 bits per heavy atom. The molecule has 2 heterocycles. The van der Waals surface area contributed by atoms with E-state index in [1.807, 2.05) is 6.92 Å². The fraction of sp³-hybridized carbons (Fsp3) is 0.857. The molecule has 1 saturated heterocycles. The fourth-order valence-corrected chi connectivity index (χ4v) is 2.48. The molecule has 1 aliphatic rings. The van der Waals surface area contributed by atoms with E-state index in [0.29, 0.717) is 31.5 Å². The fourth-order valence-electron chi connectivity index (χ4n) is 2.48. The van der Waals surface area contributed by atoms with Crippen LogP contribution in [0.5, 0.6) is 0 Å². The largest absolute Gasteiger partial charge is 0.381 e. The smallest absolute Gasteiger partial charge is 0.230 e. The van der Waals surface area contributed by atoms with Crippen molar-refractivity contribution in [3.8, 4) is 0 Å². The summed E-state index contributed by atoms with van der Waals surface area (Å²) in [7, 11) is 0. The second kappa shape index (κ2) is 7.15. The first-order chi connectivity index (χ1) is 9.72. The van der Waals surface area contributed by atoms with Gasteiger partial charge in [0, 0.05) is 45.1 Å². The molecule has 0 saturated carbocycles.